The van der Waals surface area contributed by atoms with E-state index in [1.165, 1.54) is 12.4 Å². The Hall–Kier alpha value is -4.86. The Labute approximate surface area is 303 Å². The molecule has 2 aromatic carbocycles. The van der Waals surface area contributed by atoms with E-state index in [1.54, 1.807) is 24.3 Å². The topological polar surface area (TPSA) is 83.6 Å². The predicted octanol–water partition coefficient (Wildman–Crippen LogP) is 12.9. The number of allylic oxidation sites excluding steroid dienone is 10. The molecular formula is C42H46F4N4O2. The van der Waals surface area contributed by atoms with Crippen molar-refractivity contribution in [2.75, 3.05) is 0 Å². The first-order valence-electron chi connectivity index (χ1n) is 17.0. The molecular weight excluding hydrogens is 668 g/mol. The molecule has 0 radical (unpaired) electrons. The number of halogens is 4. The molecule has 274 valence electrons. The Bertz CT molecular complexity index is 1860. The molecule has 6 nitrogen and oxygen atoms in total. The van der Waals surface area contributed by atoms with Crippen molar-refractivity contribution < 1.29 is 27.2 Å². The van der Waals surface area contributed by atoms with Crippen LogP contribution in [-0.4, -0.2) is 11.6 Å². The maximum atomic E-state index is 15.3. The van der Waals surface area contributed by atoms with E-state index in [0.29, 0.717) is 33.4 Å². The molecule has 0 saturated heterocycles. The Kier molecular flexibility index (Phi) is 11.0. The van der Waals surface area contributed by atoms with Crippen LogP contribution >= 0.6 is 0 Å². The van der Waals surface area contributed by atoms with Crippen LogP contribution in [0.5, 0.6) is 0 Å². The summed E-state index contributed by atoms with van der Waals surface area (Å²) in [6.07, 6.45) is 9.50. The molecule has 0 amide bonds. The quantitative estimate of drug-likeness (QED) is 0.228. The van der Waals surface area contributed by atoms with Crippen LogP contribution in [0.2, 0.25) is 0 Å². The number of Topliss-reactive ketones (excluding diaryl/α,β-unsaturated/α-hetero) is 2. The molecule has 10 heteroatoms. The minimum atomic E-state index is -1.05. The maximum absolute atomic E-state index is 15.3. The summed E-state index contributed by atoms with van der Waals surface area (Å²) in [7, 11) is 0. The monoisotopic (exact) mass is 714 g/mol. The van der Waals surface area contributed by atoms with E-state index in [4.69, 9.17) is 0 Å². The summed E-state index contributed by atoms with van der Waals surface area (Å²) < 4.78 is 60.9. The lowest BCUT2D eigenvalue weighted by atomic mass is 9.72. The second-order valence-corrected chi connectivity index (χ2v) is 17.1. The van der Waals surface area contributed by atoms with Gasteiger partial charge in [-0.15, -0.1) is 10.2 Å². The molecule has 0 saturated carbocycles. The summed E-state index contributed by atoms with van der Waals surface area (Å²) in [5.74, 6) is -4.26. The van der Waals surface area contributed by atoms with Crippen molar-refractivity contribution in [3.63, 3.8) is 0 Å². The molecule has 2 aromatic rings. The Morgan fingerprint density at radius 2 is 0.712 bits per heavy atom. The number of hydrogen-bond acceptors (Lipinski definition) is 6. The molecule has 0 aliphatic heterocycles. The zero-order valence-electron chi connectivity index (χ0n) is 31.9. The molecule has 0 fully saturated rings. The number of azo groups is 2. The first-order chi connectivity index (χ1) is 23.8. The highest BCUT2D eigenvalue weighted by Crippen LogP contribution is 2.41. The van der Waals surface area contributed by atoms with Crippen molar-refractivity contribution in [1.29, 1.82) is 0 Å². The van der Waals surface area contributed by atoms with Crippen molar-refractivity contribution >= 4 is 22.9 Å². The van der Waals surface area contributed by atoms with Gasteiger partial charge in [-0.3, -0.25) is 9.59 Å². The second-order valence-electron chi connectivity index (χ2n) is 17.1. The van der Waals surface area contributed by atoms with Gasteiger partial charge in [0.05, 0.1) is 12.4 Å². The van der Waals surface area contributed by atoms with E-state index in [9.17, 15) is 9.59 Å². The SMILES string of the molecule is CC(C)(C)C1=CC(=C/N=N/c2cc(F)c(-c3cc(F)c(/N=N/C=C4C=C(C(C)(C)C)C(=O)C(C(C)(C)C)=C4)cc3F)cc2F)C=C(C(C)(C)C)C1=O. The fourth-order valence-corrected chi connectivity index (χ4v) is 5.63. The smallest absolute Gasteiger partial charge is 0.186 e. The van der Waals surface area contributed by atoms with Crippen LogP contribution in [0.4, 0.5) is 28.9 Å². The van der Waals surface area contributed by atoms with E-state index in [1.807, 2.05) is 83.1 Å². The molecule has 0 unspecified atom stereocenters. The van der Waals surface area contributed by atoms with Gasteiger partial charge in [0.25, 0.3) is 0 Å². The second kappa shape index (κ2) is 14.3. The summed E-state index contributed by atoms with van der Waals surface area (Å²) in [5.41, 5.74) is -0.287. The van der Waals surface area contributed by atoms with Gasteiger partial charge in [-0.25, -0.2) is 17.6 Å². The molecule has 2 aliphatic carbocycles. The highest BCUT2D eigenvalue weighted by molar-refractivity contribution is 6.12. The fourth-order valence-electron chi connectivity index (χ4n) is 5.63. The first-order valence-corrected chi connectivity index (χ1v) is 17.0. The van der Waals surface area contributed by atoms with Gasteiger partial charge in [-0.1, -0.05) is 83.1 Å². The van der Waals surface area contributed by atoms with E-state index >= 15 is 17.6 Å². The summed E-state index contributed by atoms with van der Waals surface area (Å²) in [5, 5.41) is 15.5. The normalized spacial score (nSPS) is 16.4. The molecule has 0 heterocycles. The molecule has 0 atom stereocenters. The lowest BCUT2D eigenvalue weighted by Crippen LogP contribution is -2.27. The van der Waals surface area contributed by atoms with Crippen molar-refractivity contribution in [3.8, 4) is 11.1 Å². The largest absolute Gasteiger partial charge is 0.289 e. The standard InChI is InChI=1S/C42H46F4N4O2/c1-39(2,3)27-13-23(14-28(37(27)51)40(4,5)6)21-47-49-35-19-31(43)25(17-33(35)45)26-18-34(46)36(20-32(26)44)50-48-22-24-15-29(41(7,8)9)38(52)30(16-24)42(10,11)12/h13-22H,1-12H3/b49-47+,50-48+. The van der Waals surface area contributed by atoms with E-state index in [0.717, 1.165) is 24.3 Å². The van der Waals surface area contributed by atoms with Crippen LogP contribution in [0.25, 0.3) is 11.1 Å². The van der Waals surface area contributed by atoms with Gasteiger partial charge in [-0.2, -0.15) is 10.2 Å². The fraction of sp³-hybridized carbons (Fsp3) is 0.381. The van der Waals surface area contributed by atoms with Gasteiger partial charge < -0.3 is 0 Å². The van der Waals surface area contributed by atoms with E-state index in [2.05, 4.69) is 20.5 Å². The first kappa shape index (κ1) is 39.9. The van der Waals surface area contributed by atoms with Crippen LogP contribution in [0, 0.1) is 44.9 Å². The number of hydrogen-bond donors (Lipinski definition) is 0. The van der Waals surface area contributed by atoms with Gasteiger partial charge in [-0.05, 0) is 69.2 Å². The van der Waals surface area contributed by atoms with Crippen molar-refractivity contribution in [1.82, 2.24) is 0 Å². The van der Waals surface area contributed by atoms with Crippen molar-refractivity contribution in [3.05, 3.63) is 118 Å². The van der Waals surface area contributed by atoms with Crippen LogP contribution in [0.15, 0.2) is 115 Å². The van der Waals surface area contributed by atoms with Crippen molar-refractivity contribution in [2.45, 2.75) is 83.1 Å². The third kappa shape index (κ3) is 8.95. The van der Waals surface area contributed by atoms with Crippen LogP contribution in [0.1, 0.15) is 83.1 Å². The molecule has 0 bridgehead atoms. The van der Waals surface area contributed by atoms with E-state index in [-0.39, 0.29) is 11.6 Å². The number of carbonyl (C=O) groups excluding carboxylic acids is 2. The number of nitrogens with zero attached hydrogens (tertiary/aromatic N) is 4. The average molecular weight is 715 g/mol. The number of ketones is 2. The number of rotatable bonds is 5. The average Bonchev–Trinajstić information content (AvgIpc) is 2.99. The highest BCUT2D eigenvalue weighted by atomic mass is 19.1. The summed E-state index contributed by atoms with van der Waals surface area (Å²) >= 11 is 0. The third-order valence-corrected chi connectivity index (χ3v) is 8.56. The lowest BCUT2D eigenvalue weighted by molar-refractivity contribution is -0.114. The predicted molar refractivity (Wildman–Crippen MR) is 197 cm³/mol. The minimum Gasteiger partial charge on any atom is -0.289 e. The summed E-state index contributed by atoms with van der Waals surface area (Å²) in [4.78, 5) is 26.3. The zero-order valence-corrected chi connectivity index (χ0v) is 31.9. The zero-order chi connectivity index (χ0) is 39.1. The van der Waals surface area contributed by atoms with Crippen LogP contribution < -0.4 is 0 Å². The van der Waals surface area contributed by atoms with Crippen LogP contribution in [-0.2, 0) is 9.59 Å². The summed E-state index contributed by atoms with van der Waals surface area (Å²) in [6.45, 7) is 23.1. The number of benzene rings is 2. The Morgan fingerprint density at radius 3 is 0.962 bits per heavy atom. The van der Waals surface area contributed by atoms with Gasteiger partial charge in [0.1, 0.15) is 23.0 Å². The third-order valence-electron chi connectivity index (χ3n) is 8.56. The van der Waals surface area contributed by atoms with Gasteiger partial charge in [0, 0.05) is 45.6 Å². The number of carbonyl (C=O) groups is 2. The molecule has 2 aliphatic rings. The molecule has 0 spiro atoms. The van der Waals surface area contributed by atoms with Gasteiger partial charge in [0.2, 0.25) is 0 Å². The minimum absolute atomic E-state index is 0.0626. The van der Waals surface area contributed by atoms with E-state index < -0.39 is 67.4 Å². The van der Waals surface area contributed by atoms with Gasteiger partial charge in [0.15, 0.2) is 23.2 Å². The highest BCUT2D eigenvalue weighted by Gasteiger charge is 2.35. The Morgan fingerprint density at radius 1 is 0.442 bits per heavy atom. The summed E-state index contributed by atoms with van der Waals surface area (Å²) in [6, 6.07) is 2.93. The molecule has 4 rings (SSSR count). The molecule has 0 N–H and O–H groups in total. The molecule has 0 aromatic heterocycles. The van der Waals surface area contributed by atoms with Crippen molar-refractivity contribution in [2.24, 2.45) is 42.1 Å². The Balaban J connectivity index is 1.63. The lowest BCUT2D eigenvalue weighted by Gasteiger charge is -2.31. The van der Waals surface area contributed by atoms with Crippen LogP contribution in [0.3, 0.4) is 0 Å². The maximum Gasteiger partial charge on any atom is 0.186 e. The molecule has 52 heavy (non-hydrogen) atoms. The van der Waals surface area contributed by atoms with Gasteiger partial charge >= 0.3 is 0 Å².